The summed E-state index contributed by atoms with van der Waals surface area (Å²) in [5.41, 5.74) is 0.274. The van der Waals surface area contributed by atoms with Crippen LogP contribution in [0, 0.1) is 11.8 Å². The second-order valence-corrected chi connectivity index (χ2v) is 5.56. The highest BCUT2D eigenvalue weighted by Gasteiger charge is 2.35. The van der Waals surface area contributed by atoms with Crippen LogP contribution in [0.5, 0.6) is 5.75 Å². The Morgan fingerprint density at radius 3 is 2.44 bits per heavy atom. The van der Waals surface area contributed by atoms with E-state index in [0.717, 1.165) is 24.7 Å². The summed E-state index contributed by atoms with van der Waals surface area (Å²) < 4.78 is 5.95. The topological polar surface area (TPSA) is 46.5 Å². The Balaban J connectivity index is 1.75. The van der Waals surface area contributed by atoms with Crippen LogP contribution in [0.1, 0.15) is 42.5 Å². The molecule has 2 saturated carbocycles. The number of hydrogen-bond donors (Lipinski definition) is 1. The second-order valence-electron chi connectivity index (χ2n) is 5.56. The standard InChI is InChI=1S/C15H18O3/c16-15(17)13-3-1-2-4-14(13)18-12-8-10-5-6-11(7-10)9-12/h1-4,10-12H,5-9H2,(H,16,17)/t10-,11+,12?. The van der Waals surface area contributed by atoms with Gasteiger partial charge >= 0.3 is 5.97 Å². The number of hydrogen-bond acceptors (Lipinski definition) is 2. The number of carboxylic acids is 1. The molecule has 3 rings (SSSR count). The van der Waals surface area contributed by atoms with Crippen molar-refractivity contribution in [3.8, 4) is 5.75 Å². The molecule has 2 fully saturated rings. The zero-order chi connectivity index (χ0) is 12.5. The molecule has 96 valence electrons. The van der Waals surface area contributed by atoms with Crippen LogP contribution in [0.25, 0.3) is 0 Å². The number of benzene rings is 1. The first-order chi connectivity index (χ1) is 8.72. The lowest BCUT2D eigenvalue weighted by Crippen LogP contribution is -2.26. The Morgan fingerprint density at radius 2 is 1.78 bits per heavy atom. The Hall–Kier alpha value is -1.51. The predicted octanol–water partition coefficient (Wildman–Crippen LogP) is 3.34. The molecule has 18 heavy (non-hydrogen) atoms. The monoisotopic (exact) mass is 246 g/mol. The van der Waals surface area contributed by atoms with E-state index in [1.165, 1.54) is 19.3 Å². The summed E-state index contributed by atoms with van der Waals surface area (Å²) in [6.45, 7) is 0. The van der Waals surface area contributed by atoms with E-state index in [1.54, 1.807) is 18.2 Å². The van der Waals surface area contributed by atoms with Crippen molar-refractivity contribution in [3.05, 3.63) is 29.8 Å². The Bertz CT molecular complexity index is 443. The minimum atomic E-state index is -0.913. The van der Waals surface area contributed by atoms with Gasteiger partial charge in [-0.15, -0.1) is 0 Å². The van der Waals surface area contributed by atoms with Crippen molar-refractivity contribution in [2.45, 2.75) is 38.2 Å². The molecule has 0 radical (unpaired) electrons. The van der Waals surface area contributed by atoms with Crippen LogP contribution in [-0.2, 0) is 0 Å². The molecular weight excluding hydrogens is 228 g/mol. The van der Waals surface area contributed by atoms with Gasteiger partial charge in [0.2, 0.25) is 0 Å². The summed E-state index contributed by atoms with van der Waals surface area (Å²) in [4.78, 5) is 11.1. The van der Waals surface area contributed by atoms with Crippen molar-refractivity contribution >= 4 is 5.97 Å². The fraction of sp³-hybridized carbons (Fsp3) is 0.533. The Kier molecular flexibility index (Phi) is 2.98. The zero-order valence-electron chi connectivity index (χ0n) is 10.3. The normalized spacial score (nSPS) is 30.1. The highest BCUT2D eigenvalue weighted by molar-refractivity contribution is 5.90. The second kappa shape index (κ2) is 4.63. The lowest BCUT2D eigenvalue weighted by Gasteiger charge is -2.28. The summed E-state index contributed by atoms with van der Waals surface area (Å²) in [6.07, 6.45) is 6.38. The fourth-order valence-corrected chi connectivity index (χ4v) is 3.47. The average Bonchev–Trinajstić information content (AvgIpc) is 2.69. The summed E-state index contributed by atoms with van der Waals surface area (Å²) in [5, 5.41) is 9.13. The summed E-state index contributed by atoms with van der Waals surface area (Å²) >= 11 is 0. The molecule has 3 nitrogen and oxygen atoms in total. The molecule has 0 heterocycles. The molecule has 0 saturated heterocycles. The van der Waals surface area contributed by atoms with E-state index in [-0.39, 0.29) is 11.7 Å². The molecule has 3 atom stereocenters. The smallest absolute Gasteiger partial charge is 0.339 e. The van der Waals surface area contributed by atoms with Crippen LogP contribution in [-0.4, -0.2) is 17.2 Å². The maximum atomic E-state index is 11.1. The van der Waals surface area contributed by atoms with Crippen molar-refractivity contribution in [2.24, 2.45) is 11.8 Å². The van der Waals surface area contributed by atoms with E-state index in [1.807, 2.05) is 6.07 Å². The van der Waals surface area contributed by atoms with Gasteiger partial charge in [0.25, 0.3) is 0 Å². The molecule has 0 aliphatic heterocycles. The molecule has 1 aromatic rings. The lowest BCUT2D eigenvalue weighted by molar-refractivity contribution is 0.0681. The van der Waals surface area contributed by atoms with Gasteiger partial charge in [-0.3, -0.25) is 0 Å². The molecule has 2 aliphatic carbocycles. The maximum absolute atomic E-state index is 11.1. The molecule has 3 heteroatoms. The first kappa shape index (κ1) is 11.6. The molecule has 1 aromatic carbocycles. The van der Waals surface area contributed by atoms with E-state index < -0.39 is 5.97 Å². The average molecular weight is 246 g/mol. The number of carboxylic acid groups (broad SMARTS) is 1. The van der Waals surface area contributed by atoms with E-state index in [4.69, 9.17) is 9.84 Å². The molecule has 0 spiro atoms. The van der Waals surface area contributed by atoms with Crippen molar-refractivity contribution in [2.75, 3.05) is 0 Å². The number of para-hydroxylation sites is 1. The van der Waals surface area contributed by atoms with Gasteiger partial charge in [-0.2, -0.15) is 0 Å². The van der Waals surface area contributed by atoms with Crippen molar-refractivity contribution in [1.82, 2.24) is 0 Å². The van der Waals surface area contributed by atoms with Gasteiger partial charge in [-0.1, -0.05) is 25.0 Å². The van der Waals surface area contributed by atoms with Crippen molar-refractivity contribution < 1.29 is 14.6 Å². The third kappa shape index (κ3) is 2.22. The maximum Gasteiger partial charge on any atom is 0.339 e. The van der Waals surface area contributed by atoms with Gasteiger partial charge in [-0.25, -0.2) is 4.79 Å². The lowest BCUT2D eigenvalue weighted by atomic mass is 9.87. The van der Waals surface area contributed by atoms with Crippen LogP contribution >= 0.6 is 0 Å². The predicted molar refractivity (Wildman–Crippen MR) is 67.9 cm³/mol. The highest BCUT2D eigenvalue weighted by atomic mass is 16.5. The molecule has 2 aliphatic rings. The van der Waals surface area contributed by atoms with Crippen LogP contribution in [0.15, 0.2) is 24.3 Å². The number of carbonyl (C=O) groups is 1. The van der Waals surface area contributed by atoms with E-state index in [0.29, 0.717) is 5.75 Å². The zero-order valence-corrected chi connectivity index (χ0v) is 10.3. The van der Waals surface area contributed by atoms with Gasteiger partial charge in [0.1, 0.15) is 11.3 Å². The fourth-order valence-electron chi connectivity index (χ4n) is 3.47. The third-order valence-electron chi connectivity index (χ3n) is 4.25. The molecule has 1 N–H and O–H groups in total. The Labute approximate surface area is 107 Å². The van der Waals surface area contributed by atoms with Crippen molar-refractivity contribution in [1.29, 1.82) is 0 Å². The van der Waals surface area contributed by atoms with Crippen LogP contribution < -0.4 is 4.74 Å². The van der Waals surface area contributed by atoms with Gasteiger partial charge in [0.05, 0.1) is 6.10 Å². The van der Waals surface area contributed by atoms with Gasteiger partial charge in [-0.05, 0) is 43.2 Å². The molecular formula is C15H18O3. The van der Waals surface area contributed by atoms with Gasteiger partial charge < -0.3 is 9.84 Å². The number of ether oxygens (including phenoxy) is 1. The van der Waals surface area contributed by atoms with Gasteiger partial charge in [0.15, 0.2) is 0 Å². The van der Waals surface area contributed by atoms with E-state index in [2.05, 4.69) is 0 Å². The van der Waals surface area contributed by atoms with Crippen LogP contribution in [0.4, 0.5) is 0 Å². The largest absolute Gasteiger partial charge is 0.490 e. The Morgan fingerprint density at radius 1 is 1.11 bits per heavy atom. The summed E-state index contributed by atoms with van der Waals surface area (Å²) in [7, 11) is 0. The summed E-state index contributed by atoms with van der Waals surface area (Å²) in [5.74, 6) is 1.21. The molecule has 0 aromatic heterocycles. The minimum Gasteiger partial charge on any atom is -0.490 e. The first-order valence-electron chi connectivity index (χ1n) is 6.71. The third-order valence-corrected chi connectivity index (χ3v) is 4.25. The van der Waals surface area contributed by atoms with E-state index in [9.17, 15) is 4.79 Å². The SMILES string of the molecule is O=C(O)c1ccccc1OC1C[C@H]2CC[C@@H](C1)C2. The number of rotatable bonds is 3. The van der Waals surface area contributed by atoms with Crippen LogP contribution in [0.2, 0.25) is 0 Å². The van der Waals surface area contributed by atoms with Gasteiger partial charge in [0, 0.05) is 0 Å². The minimum absolute atomic E-state index is 0.205. The highest BCUT2D eigenvalue weighted by Crippen LogP contribution is 2.43. The number of aromatic carboxylic acids is 1. The first-order valence-corrected chi connectivity index (χ1v) is 6.71. The molecule has 1 unspecified atom stereocenters. The summed E-state index contributed by atoms with van der Waals surface area (Å²) in [6, 6.07) is 6.94. The van der Waals surface area contributed by atoms with Crippen molar-refractivity contribution in [3.63, 3.8) is 0 Å². The van der Waals surface area contributed by atoms with Crippen LogP contribution in [0.3, 0.4) is 0 Å². The quantitative estimate of drug-likeness (QED) is 0.889. The van der Waals surface area contributed by atoms with E-state index >= 15 is 0 Å². The molecule has 2 bridgehead atoms. The molecule has 0 amide bonds. The number of fused-ring (bicyclic) bond motifs is 2.